The molecule has 1 atom stereocenters. The smallest absolute Gasteiger partial charge is 0.301 e. The number of hydrogen-bond acceptors (Lipinski definition) is 8. The molecule has 0 saturated carbocycles. The van der Waals surface area contributed by atoms with Gasteiger partial charge < -0.3 is 5.11 Å². The number of pyridine rings is 1. The van der Waals surface area contributed by atoms with Crippen LogP contribution in [-0.2, 0) is 15.3 Å². The van der Waals surface area contributed by atoms with Crippen molar-refractivity contribution in [2.24, 2.45) is 0 Å². The number of ketones is 1. The molecule has 35 heavy (non-hydrogen) atoms. The summed E-state index contributed by atoms with van der Waals surface area (Å²) in [6, 6.07) is 17.5. The largest absolute Gasteiger partial charge is 0.507 e. The summed E-state index contributed by atoms with van der Waals surface area (Å²) in [6.45, 7) is 0. The zero-order valence-electron chi connectivity index (χ0n) is 18.0. The van der Waals surface area contributed by atoms with Gasteiger partial charge in [-0.1, -0.05) is 77.7 Å². The molecule has 1 aliphatic heterocycles. The summed E-state index contributed by atoms with van der Waals surface area (Å²) in [5.41, 5.74) is 1.43. The molecule has 0 radical (unpaired) electrons. The number of thioether (sulfide) groups is 1. The minimum absolute atomic E-state index is 0.0510. The highest BCUT2D eigenvalue weighted by Gasteiger charge is 2.48. The first-order valence-electron chi connectivity index (χ1n) is 10.5. The van der Waals surface area contributed by atoms with Crippen LogP contribution >= 0.6 is 23.1 Å². The predicted octanol–water partition coefficient (Wildman–Crippen LogP) is 4.99. The Morgan fingerprint density at radius 3 is 2.54 bits per heavy atom. The molecule has 1 amide bonds. The average molecular weight is 505 g/mol. The van der Waals surface area contributed by atoms with E-state index in [4.69, 9.17) is 0 Å². The van der Waals surface area contributed by atoms with Crippen molar-refractivity contribution in [3.8, 4) is 0 Å². The molecule has 1 N–H and O–H groups in total. The third-order valence-electron chi connectivity index (χ3n) is 5.40. The molecule has 174 valence electrons. The molecular weight excluding hydrogens is 487 g/mol. The SMILES string of the molecule is O=C1C(=O)N(c2nnc(SCc3ccccc3F)s2)[C@H](c2cccnc2)/C1=C(\O)c1ccccc1. The van der Waals surface area contributed by atoms with Gasteiger partial charge >= 0.3 is 5.91 Å². The van der Waals surface area contributed by atoms with E-state index in [1.807, 2.05) is 0 Å². The molecule has 2 aromatic carbocycles. The fourth-order valence-corrected chi connectivity index (χ4v) is 5.60. The molecule has 0 spiro atoms. The second-order valence-corrected chi connectivity index (χ2v) is 9.73. The van der Waals surface area contributed by atoms with Gasteiger partial charge in [0.1, 0.15) is 11.6 Å². The Bertz CT molecular complexity index is 1430. The molecule has 10 heteroatoms. The summed E-state index contributed by atoms with van der Waals surface area (Å²) < 4.78 is 14.5. The molecule has 7 nitrogen and oxygen atoms in total. The Morgan fingerprint density at radius 2 is 1.80 bits per heavy atom. The van der Waals surface area contributed by atoms with E-state index in [0.717, 1.165) is 11.3 Å². The third-order valence-corrected chi connectivity index (χ3v) is 7.51. The van der Waals surface area contributed by atoms with Crippen LogP contribution in [0.25, 0.3) is 5.76 Å². The lowest BCUT2D eigenvalue weighted by Gasteiger charge is -2.22. The number of carbonyl (C=O) groups excluding carboxylic acids is 2. The van der Waals surface area contributed by atoms with Crippen LogP contribution in [0.1, 0.15) is 22.7 Å². The number of amides is 1. The van der Waals surface area contributed by atoms with Crippen molar-refractivity contribution in [3.63, 3.8) is 0 Å². The number of benzene rings is 2. The first-order valence-corrected chi connectivity index (χ1v) is 12.3. The summed E-state index contributed by atoms with van der Waals surface area (Å²) in [7, 11) is 0. The fourth-order valence-electron chi connectivity index (χ4n) is 3.75. The van der Waals surface area contributed by atoms with Gasteiger partial charge in [0.25, 0.3) is 5.78 Å². The molecule has 1 aliphatic rings. The monoisotopic (exact) mass is 504 g/mol. The number of aliphatic hydroxyl groups is 1. The lowest BCUT2D eigenvalue weighted by molar-refractivity contribution is -0.132. The lowest BCUT2D eigenvalue weighted by Crippen LogP contribution is -2.29. The molecule has 5 rings (SSSR count). The van der Waals surface area contributed by atoms with Crippen molar-refractivity contribution in [2.75, 3.05) is 4.90 Å². The van der Waals surface area contributed by atoms with Gasteiger partial charge in [0.05, 0.1) is 11.6 Å². The van der Waals surface area contributed by atoms with Crippen molar-refractivity contribution in [3.05, 3.63) is 107 Å². The van der Waals surface area contributed by atoms with Crippen LogP contribution in [0.15, 0.2) is 89.0 Å². The number of aromatic nitrogens is 3. The minimum atomic E-state index is -0.929. The number of halogens is 1. The molecule has 2 aromatic heterocycles. The van der Waals surface area contributed by atoms with E-state index in [-0.39, 0.29) is 22.3 Å². The van der Waals surface area contributed by atoms with Gasteiger partial charge in [-0.15, -0.1) is 10.2 Å². The molecule has 0 bridgehead atoms. The Labute approximate surface area is 208 Å². The second-order valence-electron chi connectivity index (χ2n) is 7.55. The van der Waals surface area contributed by atoms with Crippen LogP contribution in [0, 0.1) is 5.82 Å². The summed E-state index contributed by atoms with van der Waals surface area (Å²) >= 11 is 2.39. The third kappa shape index (κ3) is 4.45. The topological polar surface area (TPSA) is 96.3 Å². The summed E-state index contributed by atoms with van der Waals surface area (Å²) in [6.07, 6.45) is 3.12. The van der Waals surface area contributed by atoms with E-state index in [9.17, 15) is 19.1 Å². The first-order chi connectivity index (χ1) is 17.0. The molecule has 1 saturated heterocycles. The van der Waals surface area contributed by atoms with Crippen LogP contribution in [0.2, 0.25) is 0 Å². The van der Waals surface area contributed by atoms with E-state index in [1.54, 1.807) is 66.9 Å². The summed E-state index contributed by atoms with van der Waals surface area (Å²) in [5, 5.41) is 19.5. The average Bonchev–Trinajstić information content (AvgIpc) is 3.46. The first kappa shape index (κ1) is 22.9. The highest BCUT2D eigenvalue weighted by molar-refractivity contribution is 8.00. The molecule has 4 aromatic rings. The number of hydrogen-bond donors (Lipinski definition) is 1. The molecule has 0 aliphatic carbocycles. The van der Waals surface area contributed by atoms with Crippen molar-refractivity contribution < 1.29 is 19.1 Å². The van der Waals surface area contributed by atoms with Gasteiger partial charge in [-0.3, -0.25) is 19.5 Å². The van der Waals surface area contributed by atoms with E-state index in [0.29, 0.717) is 26.8 Å². The zero-order valence-corrected chi connectivity index (χ0v) is 19.7. The highest BCUT2D eigenvalue weighted by Crippen LogP contribution is 2.43. The quantitative estimate of drug-likeness (QED) is 0.130. The zero-order chi connectivity index (χ0) is 24.4. The van der Waals surface area contributed by atoms with E-state index in [2.05, 4.69) is 15.2 Å². The van der Waals surface area contributed by atoms with E-state index >= 15 is 0 Å². The number of carbonyl (C=O) groups is 2. The Morgan fingerprint density at radius 1 is 1.03 bits per heavy atom. The maximum Gasteiger partial charge on any atom is 0.301 e. The Balaban J connectivity index is 1.52. The number of Topliss-reactive ketones (excluding diaryl/α,β-unsaturated/α-hetero) is 1. The maximum absolute atomic E-state index is 14.0. The van der Waals surface area contributed by atoms with Crippen LogP contribution in [0.5, 0.6) is 0 Å². The number of anilines is 1. The molecule has 3 heterocycles. The van der Waals surface area contributed by atoms with Crippen molar-refractivity contribution in [1.29, 1.82) is 0 Å². The predicted molar refractivity (Wildman–Crippen MR) is 131 cm³/mol. The number of nitrogens with zero attached hydrogens (tertiary/aromatic N) is 4. The fraction of sp³-hybridized carbons (Fsp3) is 0.0800. The second kappa shape index (κ2) is 9.77. The van der Waals surface area contributed by atoms with Crippen LogP contribution in [-0.4, -0.2) is 32.0 Å². The normalized spacial score (nSPS) is 17.2. The van der Waals surface area contributed by atoms with E-state index < -0.39 is 17.7 Å². The highest BCUT2D eigenvalue weighted by atomic mass is 32.2. The van der Waals surface area contributed by atoms with Gasteiger partial charge in [0.15, 0.2) is 4.34 Å². The van der Waals surface area contributed by atoms with Gasteiger partial charge in [0, 0.05) is 23.7 Å². The number of aliphatic hydroxyl groups excluding tert-OH is 1. The Hall–Kier alpha value is -3.89. The van der Waals surface area contributed by atoms with Gasteiger partial charge in [-0.25, -0.2) is 4.39 Å². The van der Waals surface area contributed by atoms with Gasteiger partial charge in [0.2, 0.25) is 5.13 Å². The van der Waals surface area contributed by atoms with Crippen LogP contribution in [0.4, 0.5) is 9.52 Å². The van der Waals surface area contributed by atoms with Crippen LogP contribution in [0.3, 0.4) is 0 Å². The van der Waals surface area contributed by atoms with Gasteiger partial charge in [-0.05, 0) is 23.3 Å². The summed E-state index contributed by atoms with van der Waals surface area (Å²) in [5.74, 6) is -1.90. The number of rotatable bonds is 6. The molecular formula is C25H17FN4O3S2. The maximum atomic E-state index is 14.0. The van der Waals surface area contributed by atoms with Gasteiger partial charge in [-0.2, -0.15) is 0 Å². The van der Waals surface area contributed by atoms with Crippen LogP contribution < -0.4 is 4.90 Å². The molecule has 1 fully saturated rings. The standard InChI is InChI=1S/C25H17FN4O3S2/c26-18-11-5-4-9-17(18)14-34-25-29-28-24(35-25)30-20(16-10-6-12-27-13-16)19(22(32)23(30)33)21(31)15-7-2-1-3-8-15/h1-13,20,31H,14H2/b21-19+/t20-/m1/s1. The van der Waals surface area contributed by atoms with Crippen molar-refractivity contribution >= 4 is 45.7 Å². The van der Waals surface area contributed by atoms with E-state index in [1.165, 1.54) is 28.9 Å². The molecule has 0 unspecified atom stereocenters. The minimum Gasteiger partial charge on any atom is -0.507 e. The van der Waals surface area contributed by atoms with Crippen molar-refractivity contribution in [2.45, 2.75) is 16.1 Å². The lowest BCUT2D eigenvalue weighted by atomic mass is 9.96. The van der Waals surface area contributed by atoms with Crippen molar-refractivity contribution in [1.82, 2.24) is 15.2 Å². The Kier molecular flexibility index (Phi) is 6.39. The summed E-state index contributed by atoms with van der Waals surface area (Å²) in [4.78, 5) is 31.6.